The second-order valence-corrected chi connectivity index (χ2v) is 4.77. The molecule has 0 bridgehead atoms. The smallest absolute Gasteiger partial charge is 0.231 e. The van der Waals surface area contributed by atoms with E-state index in [1.165, 1.54) is 4.52 Å². The van der Waals surface area contributed by atoms with E-state index in [9.17, 15) is 8.42 Å². The van der Waals surface area contributed by atoms with Crippen LogP contribution < -0.4 is 5.14 Å². The van der Waals surface area contributed by atoms with Crippen LogP contribution in [0.15, 0.2) is 17.2 Å². The molecule has 2 N–H and O–H groups in total. The zero-order valence-electron chi connectivity index (χ0n) is 8.30. The highest BCUT2D eigenvalue weighted by Crippen LogP contribution is 2.14. The molecule has 0 aliphatic carbocycles. The quantitative estimate of drug-likeness (QED) is 0.740. The van der Waals surface area contributed by atoms with Gasteiger partial charge in [-0.15, -0.1) is 0 Å². The van der Waals surface area contributed by atoms with Crippen LogP contribution in [0.25, 0.3) is 5.65 Å². The third-order valence-electron chi connectivity index (χ3n) is 2.00. The highest BCUT2D eigenvalue weighted by molar-refractivity contribution is 7.89. The topological polar surface area (TPSA) is 90.3 Å². The lowest BCUT2D eigenvalue weighted by Gasteiger charge is -1.99. The molecule has 7 heteroatoms. The first-order valence-electron chi connectivity index (χ1n) is 4.25. The number of hydrogen-bond donors (Lipinski definition) is 1. The molecule has 0 atom stereocenters. The van der Waals surface area contributed by atoms with Crippen molar-refractivity contribution in [3.8, 4) is 0 Å². The lowest BCUT2D eigenvalue weighted by Crippen LogP contribution is -2.16. The number of nitrogens with zero attached hydrogens (tertiary/aromatic N) is 3. The molecule has 0 radical (unpaired) electrons. The zero-order valence-corrected chi connectivity index (χ0v) is 9.11. The molecule has 2 aromatic rings. The molecular formula is C8H10N4O2S. The number of aryl methyl sites for hydroxylation is 2. The van der Waals surface area contributed by atoms with Gasteiger partial charge in [-0.3, -0.25) is 0 Å². The summed E-state index contributed by atoms with van der Waals surface area (Å²) in [6.45, 7) is 3.35. The van der Waals surface area contributed by atoms with Gasteiger partial charge in [0.1, 0.15) is 0 Å². The number of rotatable bonds is 1. The Morgan fingerprint density at radius 1 is 1.33 bits per heavy atom. The summed E-state index contributed by atoms with van der Waals surface area (Å²) in [4.78, 5) is 4.06. The molecule has 0 saturated heterocycles. The highest BCUT2D eigenvalue weighted by Gasteiger charge is 2.19. The van der Waals surface area contributed by atoms with Crippen molar-refractivity contribution in [1.29, 1.82) is 0 Å². The fourth-order valence-corrected chi connectivity index (χ4v) is 2.27. The summed E-state index contributed by atoms with van der Waals surface area (Å²) < 4.78 is 23.9. The number of imidazole rings is 1. The summed E-state index contributed by atoms with van der Waals surface area (Å²) in [5.74, 6) is 0. The molecule has 0 aromatic carbocycles. The van der Waals surface area contributed by atoms with Crippen LogP contribution in [0.1, 0.15) is 11.4 Å². The first kappa shape index (κ1) is 10.1. The molecule has 0 spiro atoms. The fraction of sp³-hybridized carbons (Fsp3) is 0.250. The minimum absolute atomic E-state index is 0.0544. The van der Waals surface area contributed by atoms with Gasteiger partial charge in [0.05, 0.1) is 11.4 Å². The number of hydrogen-bond acceptors (Lipinski definition) is 4. The lowest BCUT2D eigenvalue weighted by atomic mass is 10.4. The Morgan fingerprint density at radius 2 is 2.00 bits per heavy atom. The summed E-state index contributed by atoms with van der Waals surface area (Å²) in [5, 5.41) is 9.09. The third kappa shape index (κ3) is 1.59. The molecule has 80 valence electrons. The van der Waals surface area contributed by atoms with E-state index in [0.29, 0.717) is 17.0 Å². The van der Waals surface area contributed by atoms with Crippen LogP contribution in [-0.2, 0) is 10.0 Å². The van der Waals surface area contributed by atoms with Gasteiger partial charge in [0.15, 0.2) is 10.7 Å². The normalized spacial score (nSPS) is 12.2. The Balaban J connectivity index is 2.95. The molecule has 0 fully saturated rings. The average molecular weight is 226 g/mol. The molecule has 15 heavy (non-hydrogen) atoms. The summed E-state index contributed by atoms with van der Waals surface area (Å²) >= 11 is 0. The number of primary sulfonamides is 1. The van der Waals surface area contributed by atoms with Crippen LogP contribution in [0, 0.1) is 13.8 Å². The Morgan fingerprint density at radius 3 is 2.60 bits per heavy atom. The number of nitrogens with two attached hydrogens (primary N) is 1. The highest BCUT2D eigenvalue weighted by atomic mass is 32.2. The Labute approximate surface area is 86.8 Å². The van der Waals surface area contributed by atoms with E-state index in [4.69, 9.17) is 5.14 Å². The summed E-state index contributed by atoms with van der Waals surface area (Å²) in [6.07, 6.45) is 0. The molecule has 2 heterocycles. The predicted molar refractivity (Wildman–Crippen MR) is 53.8 cm³/mol. The van der Waals surface area contributed by atoms with Gasteiger partial charge < -0.3 is 0 Å². The van der Waals surface area contributed by atoms with Gasteiger partial charge in [-0.25, -0.2) is 23.1 Å². The molecule has 0 saturated carbocycles. The molecule has 2 rings (SSSR count). The average Bonchev–Trinajstić information content (AvgIpc) is 2.38. The molecule has 0 aliphatic heterocycles. The maximum Gasteiger partial charge on any atom is 0.257 e. The second-order valence-electron chi connectivity index (χ2n) is 3.29. The molecule has 0 aliphatic rings. The molecule has 6 nitrogen and oxygen atoms in total. The second kappa shape index (κ2) is 3.01. The van der Waals surface area contributed by atoms with Crippen LogP contribution in [0.3, 0.4) is 0 Å². The Bertz CT molecular complexity index is 629. The maximum absolute atomic E-state index is 11.3. The van der Waals surface area contributed by atoms with Crippen molar-refractivity contribution in [3.63, 3.8) is 0 Å². The summed E-state index contributed by atoms with van der Waals surface area (Å²) in [7, 11) is -3.80. The monoisotopic (exact) mass is 226 g/mol. The first-order chi connectivity index (χ1) is 6.89. The number of aromatic nitrogens is 3. The van der Waals surface area contributed by atoms with Crippen LogP contribution in [0.2, 0.25) is 0 Å². The maximum atomic E-state index is 11.3. The van der Waals surface area contributed by atoms with E-state index in [2.05, 4.69) is 10.1 Å². The SMILES string of the molecule is Cc1ccc2nc(C)c(S(N)(=O)=O)n2n1. The van der Waals surface area contributed by atoms with E-state index in [1.54, 1.807) is 26.0 Å². The third-order valence-corrected chi connectivity index (χ3v) is 3.01. The summed E-state index contributed by atoms with van der Waals surface area (Å²) in [6, 6.07) is 3.46. The van der Waals surface area contributed by atoms with Crippen molar-refractivity contribution in [2.75, 3.05) is 0 Å². The number of sulfonamides is 1. The minimum atomic E-state index is -3.80. The van der Waals surface area contributed by atoms with Crippen molar-refractivity contribution in [3.05, 3.63) is 23.5 Å². The predicted octanol–water partition coefficient (Wildman–Crippen LogP) is -0.00646. The van der Waals surface area contributed by atoms with E-state index in [0.717, 1.165) is 0 Å². The molecule has 0 unspecified atom stereocenters. The van der Waals surface area contributed by atoms with Crippen molar-refractivity contribution >= 4 is 15.7 Å². The number of fused-ring (bicyclic) bond motifs is 1. The van der Waals surface area contributed by atoms with Gasteiger partial charge in [-0.2, -0.15) is 5.10 Å². The van der Waals surface area contributed by atoms with Gasteiger partial charge in [0.25, 0.3) is 10.0 Å². The van der Waals surface area contributed by atoms with Gasteiger partial charge in [-0.1, -0.05) is 0 Å². The molecular weight excluding hydrogens is 216 g/mol. The van der Waals surface area contributed by atoms with Crippen molar-refractivity contribution in [2.24, 2.45) is 5.14 Å². The van der Waals surface area contributed by atoms with Crippen molar-refractivity contribution < 1.29 is 8.42 Å². The standard InChI is InChI=1S/C8H10N4O2S/c1-5-3-4-7-10-6(2)8(12(7)11-5)15(9,13)14/h3-4H,1-2H3,(H2,9,13,14). The van der Waals surface area contributed by atoms with Gasteiger partial charge in [0, 0.05) is 0 Å². The minimum Gasteiger partial charge on any atom is -0.231 e. The van der Waals surface area contributed by atoms with Crippen molar-refractivity contribution in [1.82, 2.24) is 14.6 Å². The van der Waals surface area contributed by atoms with Gasteiger partial charge in [-0.05, 0) is 26.0 Å². The van der Waals surface area contributed by atoms with Crippen LogP contribution in [0.5, 0.6) is 0 Å². The zero-order chi connectivity index (χ0) is 11.2. The van der Waals surface area contributed by atoms with E-state index >= 15 is 0 Å². The van der Waals surface area contributed by atoms with Crippen LogP contribution >= 0.6 is 0 Å². The molecule has 2 aromatic heterocycles. The largest absolute Gasteiger partial charge is 0.257 e. The molecule has 0 amide bonds. The Hall–Kier alpha value is -1.47. The van der Waals surface area contributed by atoms with E-state index < -0.39 is 10.0 Å². The van der Waals surface area contributed by atoms with Crippen LogP contribution in [-0.4, -0.2) is 23.0 Å². The Kier molecular flexibility index (Phi) is 2.02. The van der Waals surface area contributed by atoms with Gasteiger partial charge in [0.2, 0.25) is 0 Å². The lowest BCUT2D eigenvalue weighted by molar-refractivity contribution is 0.588. The van der Waals surface area contributed by atoms with Crippen LogP contribution in [0.4, 0.5) is 0 Å². The van der Waals surface area contributed by atoms with E-state index in [-0.39, 0.29) is 5.03 Å². The van der Waals surface area contributed by atoms with Crippen molar-refractivity contribution in [2.45, 2.75) is 18.9 Å². The van der Waals surface area contributed by atoms with E-state index in [1.807, 2.05) is 0 Å². The van der Waals surface area contributed by atoms with Gasteiger partial charge >= 0.3 is 0 Å². The summed E-state index contributed by atoms with van der Waals surface area (Å²) in [5.41, 5.74) is 1.53. The fourth-order valence-electron chi connectivity index (χ4n) is 1.44. The first-order valence-corrected chi connectivity index (χ1v) is 5.80.